The van der Waals surface area contributed by atoms with Crippen LogP contribution in [0.2, 0.25) is 0 Å². The highest BCUT2D eigenvalue weighted by molar-refractivity contribution is 7.09. The minimum Gasteiger partial charge on any atom is -0.354 e. The molecule has 0 bridgehead atoms. The molecule has 3 nitrogen and oxygen atoms in total. The molecule has 0 fully saturated rings. The maximum absolute atomic E-state index is 11.9. The van der Waals surface area contributed by atoms with Gasteiger partial charge < -0.3 is 11.1 Å². The van der Waals surface area contributed by atoms with E-state index in [0.717, 1.165) is 12.8 Å². The van der Waals surface area contributed by atoms with Crippen LogP contribution < -0.4 is 11.1 Å². The molecule has 1 heterocycles. The Morgan fingerprint density at radius 2 is 1.95 bits per heavy atom. The minimum atomic E-state index is -0.432. The molecule has 0 radical (unpaired) electrons. The molecule has 2 rings (SSSR count). The number of carbonyl (C=O) groups excluding carboxylic acids is 1. The molecular weight excluding hydrogens is 268 g/mol. The van der Waals surface area contributed by atoms with Crippen molar-refractivity contribution in [2.45, 2.75) is 25.3 Å². The highest BCUT2D eigenvalue weighted by Gasteiger charge is 2.12. The van der Waals surface area contributed by atoms with Crippen LogP contribution in [0.5, 0.6) is 0 Å². The molecule has 106 valence electrons. The molecule has 20 heavy (non-hydrogen) atoms. The number of amides is 1. The number of thiophene rings is 1. The van der Waals surface area contributed by atoms with Gasteiger partial charge in [0.15, 0.2) is 0 Å². The third-order valence-electron chi connectivity index (χ3n) is 3.17. The third-order valence-corrected chi connectivity index (χ3v) is 4.11. The smallest absolute Gasteiger partial charge is 0.236 e. The zero-order chi connectivity index (χ0) is 14.2. The summed E-state index contributed by atoms with van der Waals surface area (Å²) in [4.78, 5) is 13.1. The Morgan fingerprint density at radius 1 is 1.15 bits per heavy atom. The molecule has 1 aromatic carbocycles. The average Bonchev–Trinajstić information content (AvgIpc) is 2.99. The topological polar surface area (TPSA) is 55.1 Å². The zero-order valence-corrected chi connectivity index (χ0v) is 12.2. The maximum atomic E-state index is 11.9. The van der Waals surface area contributed by atoms with Crippen molar-refractivity contribution in [3.8, 4) is 0 Å². The Balaban J connectivity index is 1.66. The Bertz CT molecular complexity index is 511. The molecule has 0 saturated carbocycles. The summed E-state index contributed by atoms with van der Waals surface area (Å²) in [6, 6.07) is 13.8. The van der Waals surface area contributed by atoms with Crippen LogP contribution in [-0.4, -0.2) is 18.5 Å². The predicted molar refractivity (Wildman–Crippen MR) is 83.8 cm³/mol. The van der Waals surface area contributed by atoms with Crippen molar-refractivity contribution in [2.24, 2.45) is 5.73 Å². The summed E-state index contributed by atoms with van der Waals surface area (Å²) in [5, 5.41) is 4.94. The average molecular weight is 288 g/mol. The summed E-state index contributed by atoms with van der Waals surface area (Å²) in [5.41, 5.74) is 7.13. The van der Waals surface area contributed by atoms with Crippen LogP contribution >= 0.6 is 11.3 Å². The van der Waals surface area contributed by atoms with Gasteiger partial charge >= 0.3 is 0 Å². The van der Waals surface area contributed by atoms with E-state index >= 15 is 0 Å². The van der Waals surface area contributed by atoms with Crippen molar-refractivity contribution >= 4 is 17.2 Å². The van der Waals surface area contributed by atoms with Gasteiger partial charge in [0, 0.05) is 11.4 Å². The highest BCUT2D eigenvalue weighted by atomic mass is 32.1. The van der Waals surface area contributed by atoms with Gasteiger partial charge in [-0.1, -0.05) is 36.4 Å². The SMILES string of the molecule is NC(CCc1ccccc1)C(=O)NCCc1cccs1. The first kappa shape index (κ1) is 14.8. The standard InChI is InChI=1S/C16H20N2OS/c17-15(9-8-13-5-2-1-3-6-13)16(19)18-11-10-14-7-4-12-20-14/h1-7,12,15H,8-11,17H2,(H,18,19). The summed E-state index contributed by atoms with van der Waals surface area (Å²) in [7, 11) is 0. The molecule has 1 amide bonds. The van der Waals surface area contributed by atoms with Gasteiger partial charge in [0.1, 0.15) is 0 Å². The lowest BCUT2D eigenvalue weighted by atomic mass is 10.1. The first-order valence-corrected chi connectivity index (χ1v) is 7.73. The fourth-order valence-electron chi connectivity index (χ4n) is 1.99. The second kappa shape index (κ2) is 7.82. The molecular formula is C16H20N2OS. The monoisotopic (exact) mass is 288 g/mol. The molecule has 0 aliphatic rings. The van der Waals surface area contributed by atoms with Crippen LogP contribution in [0.15, 0.2) is 47.8 Å². The quantitative estimate of drug-likeness (QED) is 0.822. The van der Waals surface area contributed by atoms with E-state index in [1.807, 2.05) is 29.6 Å². The van der Waals surface area contributed by atoms with Crippen molar-refractivity contribution in [2.75, 3.05) is 6.54 Å². The molecule has 0 saturated heterocycles. The number of nitrogens with one attached hydrogen (secondary N) is 1. The molecule has 0 aliphatic heterocycles. The van der Waals surface area contributed by atoms with Gasteiger partial charge in [0.05, 0.1) is 6.04 Å². The fourth-order valence-corrected chi connectivity index (χ4v) is 2.70. The summed E-state index contributed by atoms with van der Waals surface area (Å²) >= 11 is 1.71. The van der Waals surface area contributed by atoms with E-state index in [9.17, 15) is 4.79 Å². The van der Waals surface area contributed by atoms with Crippen LogP contribution in [-0.2, 0) is 17.6 Å². The molecule has 0 spiro atoms. The van der Waals surface area contributed by atoms with Crippen molar-refractivity contribution in [1.29, 1.82) is 0 Å². The second-order valence-corrected chi connectivity index (χ2v) is 5.78. The van der Waals surface area contributed by atoms with E-state index in [-0.39, 0.29) is 5.91 Å². The molecule has 1 unspecified atom stereocenters. The lowest BCUT2D eigenvalue weighted by Crippen LogP contribution is -2.41. The predicted octanol–water partition coefficient (Wildman–Crippen LogP) is 2.37. The van der Waals surface area contributed by atoms with Gasteiger partial charge in [0.2, 0.25) is 5.91 Å². The number of nitrogens with two attached hydrogens (primary N) is 1. The number of aryl methyl sites for hydroxylation is 1. The van der Waals surface area contributed by atoms with Crippen molar-refractivity contribution < 1.29 is 4.79 Å². The highest BCUT2D eigenvalue weighted by Crippen LogP contribution is 2.08. The minimum absolute atomic E-state index is 0.0579. The van der Waals surface area contributed by atoms with Gasteiger partial charge in [-0.25, -0.2) is 0 Å². The largest absolute Gasteiger partial charge is 0.354 e. The van der Waals surface area contributed by atoms with E-state index in [1.165, 1.54) is 10.4 Å². The first-order valence-electron chi connectivity index (χ1n) is 6.85. The normalized spacial score (nSPS) is 12.1. The zero-order valence-electron chi connectivity index (χ0n) is 11.4. The van der Waals surface area contributed by atoms with Crippen molar-refractivity contribution in [1.82, 2.24) is 5.32 Å². The number of rotatable bonds is 7. The van der Waals surface area contributed by atoms with Crippen molar-refractivity contribution in [3.05, 3.63) is 58.3 Å². The lowest BCUT2D eigenvalue weighted by molar-refractivity contribution is -0.122. The first-order chi connectivity index (χ1) is 9.75. The van der Waals surface area contributed by atoms with Gasteiger partial charge in [-0.3, -0.25) is 4.79 Å². The number of hydrogen-bond acceptors (Lipinski definition) is 3. The molecule has 0 aliphatic carbocycles. The third kappa shape index (κ3) is 4.79. The Morgan fingerprint density at radius 3 is 2.65 bits per heavy atom. The van der Waals surface area contributed by atoms with Gasteiger partial charge in [-0.05, 0) is 36.3 Å². The summed E-state index contributed by atoms with van der Waals surface area (Å²) in [6.45, 7) is 0.651. The summed E-state index contributed by atoms with van der Waals surface area (Å²) in [5.74, 6) is -0.0579. The second-order valence-electron chi connectivity index (χ2n) is 4.75. The Labute approximate surface area is 123 Å². The van der Waals surface area contributed by atoms with Crippen LogP contribution in [0, 0.1) is 0 Å². The summed E-state index contributed by atoms with van der Waals surface area (Å²) < 4.78 is 0. The molecule has 2 aromatic rings. The summed E-state index contributed by atoms with van der Waals surface area (Å²) in [6.07, 6.45) is 2.38. The van der Waals surface area contributed by atoms with Crippen LogP contribution in [0.25, 0.3) is 0 Å². The van der Waals surface area contributed by atoms with E-state index < -0.39 is 6.04 Å². The van der Waals surface area contributed by atoms with E-state index in [1.54, 1.807) is 11.3 Å². The molecule has 1 atom stereocenters. The Hall–Kier alpha value is -1.65. The van der Waals surface area contributed by atoms with E-state index in [0.29, 0.717) is 13.0 Å². The Kier molecular flexibility index (Phi) is 5.77. The maximum Gasteiger partial charge on any atom is 0.236 e. The van der Waals surface area contributed by atoms with Gasteiger partial charge in [-0.2, -0.15) is 0 Å². The molecule has 3 N–H and O–H groups in total. The van der Waals surface area contributed by atoms with Gasteiger partial charge in [-0.15, -0.1) is 11.3 Å². The number of carbonyl (C=O) groups is 1. The molecule has 4 heteroatoms. The fraction of sp³-hybridized carbons (Fsp3) is 0.312. The van der Waals surface area contributed by atoms with Crippen molar-refractivity contribution in [3.63, 3.8) is 0 Å². The van der Waals surface area contributed by atoms with Crippen LogP contribution in [0.1, 0.15) is 16.9 Å². The number of hydrogen-bond donors (Lipinski definition) is 2. The van der Waals surface area contributed by atoms with Crippen LogP contribution in [0.4, 0.5) is 0 Å². The molecule has 1 aromatic heterocycles. The van der Waals surface area contributed by atoms with Gasteiger partial charge in [0.25, 0.3) is 0 Å². The number of benzene rings is 1. The van der Waals surface area contributed by atoms with E-state index in [4.69, 9.17) is 5.73 Å². The van der Waals surface area contributed by atoms with E-state index in [2.05, 4.69) is 23.5 Å². The lowest BCUT2D eigenvalue weighted by Gasteiger charge is -2.12. The van der Waals surface area contributed by atoms with Crippen LogP contribution in [0.3, 0.4) is 0 Å².